The van der Waals surface area contributed by atoms with E-state index in [-0.39, 0.29) is 17.8 Å². The van der Waals surface area contributed by atoms with Crippen LogP contribution in [0.25, 0.3) is 0 Å². The van der Waals surface area contributed by atoms with Gasteiger partial charge in [-0.05, 0) is 56.2 Å². The smallest absolute Gasteiger partial charge is 0.251 e. The summed E-state index contributed by atoms with van der Waals surface area (Å²) < 4.78 is 24.4. The quantitative estimate of drug-likeness (QED) is 0.594. The Balaban J connectivity index is 2.08. The molecule has 2 aromatic rings. The minimum atomic E-state index is -0.295. The lowest BCUT2D eigenvalue weighted by Crippen LogP contribution is -2.26. The molecule has 0 aliphatic heterocycles. The first-order valence-corrected chi connectivity index (χ1v) is 9.45. The van der Waals surface area contributed by atoms with Crippen molar-refractivity contribution >= 4 is 5.91 Å². The van der Waals surface area contributed by atoms with Crippen LogP contribution in [0.5, 0.6) is 5.75 Å². The fourth-order valence-electron chi connectivity index (χ4n) is 2.67. The van der Waals surface area contributed by atoms with Gasteiger partial charge in [-0.15, -0.1) is 0 Å². The van der Waals surface area contributed by atoms with Crippen LogP contribution >= 0.6 is 0 Å². The molecule has 27 heavy (non-hydrogen) atoms. The molecule has 1 unspecified atom stereocenters. The molecular weight excluding hydrogens is 345 g/mol. The second kappa shape index (κ2) is 10.7. The van der Waals surface area contributed by atoms with E-state index >= 15 is 0 Å². The molecule has 0 fully saturated rings. The third kappa shape index (κ3) is 6.36. The van der Waals surface area contributed by atoms with Gasteiger partial charge < -0.3 is 14.8 Å². The van der Waals surface area contributed by atoms with Gasteiger partial charge in [0.2, 0.25) is 0 Å². The molecule has 5 heteroatoms. The van der Waals surface area contributed by atoms with Gasteiger partial charge in [-0.3, -0.25) is 4.79 Å². The topological polar surface area (TPSA) is 47.6 Å². The third-order valence-corrected chi connectivity index (χ3v) is 4.24. The van der Waals surface area contributed by atoms with E-state index in [0.29, 0.717) is 25.4 Å². The van der Waals surface area contributed by atoms with Gasteiger partial charge in [-0.25, -0.2) is 4.39 Å². The second-order valence-corrected chi connectivity index (χ2v) is 6.41. The molecular formula is C22H28FNO3. The van der Waals surface area contributed by atoms with Gasteiger partial charge in [0, 0.05) is 17.7 Å². The summed E-state index contributed by atoms with van der Waals surface area (Å²) in [5, 5.41) is 2.94. The van der Waals surface area contributed by atoms with E-state index in [4.69, 9.17) is 9.47 Å². The van der Waals surface area contributed by atoms with Crippen molar-refractivity contribution in [2.75, 3.05) is 13.2 Å². The fraction of sp³-hybridized carbons (Fsp3) is 0.409. The zero-order valence-corrected chi connectivity index (χ0v) is 16.3. The lowest BCUT2D eigenvalue weighted by Gasteiger charge is -2.16. The van der Waals surface area contributed by atoms with Crippen molar-refractivity contribution in [1.82, 2.24) is 5.32 Å². The number of benzene rings is 2. The maximum atomic E-state index is 13.1. The highest BCUT2D eigenvalue weighted by Gasteiger charge is 2.14. The zero-order chi connectivity index (χ0) is 19.6. The van der Waals surface area contributed by atoms with Gasteiger partial charge in [0.05, 0.1) is 19.3 Å². The van der Waals surface area contributed by atoms with Crippen LogP contribution in [-0.2, 0) is 11.3 Å². The number of carbonyl (C=O) groups is 1. The summed E-state index contributed by atoms with van der Waals surface area (Å²) >= 11 is 0. The first-order valence-electron chi connectivity index (χ1n) is 9.45. The van der Waals surface area contributed by atoms with Crippen molar-refractivity contribution in [3.05, 3.63) is 65.0 Å². The van der Waals surface area contributed by atoms with Crippen LogP contribution in [0.15, 0.2) is 42.5 Å². The Labute approximate surface area is 160 Å². The monoisotopic (exact) mass is 373 g/mol. The number of nitrogens with one attached hydrogen (secondary N) is 1. The Hall–Kier alpha value is -2.40. The number of ether oxygens (including phenoxy) is 2. The van der Waals surface area contributed by atoms with Crippen LogP contribution in [0.2, 0.25) is 0 Å². The maximum absolute atomic E-state index is 13.1. The average molecular weight is 373 g/mol. The number of halogens is 1. The molecule has 0 aliphatic carbocycles. The summed E-state index contributed by atoms with van der Waals surface area (Å²) in [5.41, 5.74) is 2.25. The molecule has 0 saturated carbocycles. The number of amides is 1. The number of hydrogen-bond donors (Lipinski definition) is 1. The molecule has 0 heterocycles. The molecule has 2 rings (SSSR count). The Kier molecular flexibility index (Phi) is 8.27. The first kappa shape index (κ1) is 20.9. The summed E-state index contributed by atoms with van der Waals surface area (Å²) in [6.45, 7) is 7.54. The normalized spacial score (nSPS) is 11.9. The molecule has 0 aliphatic rings. The summed E-state index contributed by atoms with van der Waals surface area (Å²) in [5.74, 6) is 0.248. The first-order chi connectivity index (χ1) is 13.0. The van der Waals surface area contributed by atoms with Gasteiger partial charge in [-0.1, -0.05) is 25.5 Å². The van der Waals surface area contributed by atoms with Crippen molar-refractivity contribution in [2.24, 2.45) is 0 Å². The number of hydrogen-bond acceptors (Lipinski definition) is 3. The van der Waals surface area contributed by atoms with Crippen molar-refractivity contribution < 1.29 is 18.7 Å². The Morgan fingerprint density at radius 1 is 1.15 bits per heavy atom. The highest BCUT2D eigenvalue weighted by atomic mass is 19.1. The largest absolute Gasteiger partial charge is 0.494 e. The van der Waals surface area contributed by atoms with Crippen LogP contribution in [0.3, 0.4) is 0 Å². The van der Waals surface area contributed by atoms with Gasteiger partial charge in [-0.2, -0.15) is 0 Å². The van der Waals surface area contributed by atoms with Crippen molar-refractivity contribution in [3.8, 4) is 5.75 Å². The van der Waals surface area contributed by atoms with Crippen LogP contribution < -0.4 is 10.1 Å². The number of unbranched alkanes of at least 4 members (excludes halogenated alkanes) is 1. The molecule has 0 bridgehead atoms. The Morgan fingerprint density at radius 2 is 1.89 bits per heavy atom. The van der Waals surface area contributed by atoms with Crippen molar-refractivity contribution in [2.45, 2.75) is 46.3 Å². The summed E-state index contributed by atoms with van der Waals surface area (Å²) in [7, 11) is 0. The standard InChI is InChI=1S/C22H28FNO3/c1-4-6-13-26-15-19-14-18(9-12-21(19)27-5-2)22(25)24-16(3)17-7-10-20(23)11-8-17/h7-12,14,16H,4-6,13,15H2,1-3H3,(H,24,25). The fourth-order valence-corrected chi connectivity index (χ4v) is 2.67. The maximum Gasteiger partial charge on any atom is 0.251 e. The molecule has 1 amide bonds. The predicted octanol–water partition coefficient (Wildman–Crippen LogP) is 5.03. The van der Waals surface area contributed by atoms with E-state index in [0.717, 1.165) is 29.7 Å². The summed E-state index contributed by atoms with van der Waals surface area (Å²) in [6, 6.07) is 11.3. The van der Waals surface area contributed by atoms with Crippen molar-refractivity contribution in [3.63, 3.8) is 0 Å². The molecule has 1 atom stereocenters. The minimum Gasteiger partial charge on any atom is -0.494 e. The highest BCUT2D eigenvalue weighted by molar-refractivity contribution is 5.94. The molecule has 146 valence electrons. The lowest BCUT2D eigenvalue weighted by molar-refractivity contribution is 0.0938. The van der Waals surface area contributed by atoms with E-state index < -0.39 is 0 Å². The minimum absolute atomic E-state index is 0.190. The van der Waals surface area contributed by atoms with Crippen LogP contribution in [-0.4, -0.2) is 19.1 Å². The molecule has 1 N–H and O–H groups in total. The van der Waals surface area contributed by atoms with Crippen LogP contribution in [0.1, 0.15) is 61.1 Å². The van der Waals surface area contributed by atoms with Gasteiger partial charge in [0.15, 0.2) is 0 Å². The zero-order valence-electron chi connectivity index (χ0n) is 16.3. The highest BCUT2D eigenvalue weighted by Crippen LogP contribution is 2.22. The van der Waals surface area contributed by atoms with E-state index in [1.165, 1.54) is 12.1 Å². The lowest BCUT2D eigenvalue weighted by atomic mass is 10.1. The van der Waals surface area contributed by atoms with Crippen LogP contribution in [0, 0.1) is 5.82 Å². The second-order valence-electron chi connectivity index (χ2n) is 6.41. The molecule has 0 spiro atoms. The van der Waals surface area contributed by atoms with E-state index in [9.17, 15) is 9.18 Å². The average Bonchev–Trinajstić information content (AvgIpc) is 2.67. The number of rotatable bonds is 10. The van der Waals surface area contributed by atoms with Gasteiger partial charge >= 0.3 is 0 Å². The third-order valence-electron chi connectivity index (χ3n) is 4.24. The van der Waals surface area contributed by atoms with Gasteiger partial charge in [0.25, 0.3) is 5.91 Å². The predicted molar refractivity (Wildman–Crippen MR) is 104 cm³/mol. The van der Waals surface area contributed by atoms with Crippen LogP contribution in [0.4, 0.5) is 4.39 Å². The molecule has 2 aromatic carbocycles. The molecule has 4 nitrogen and oxygen atoms in total. The van der Waals surface area contributed by atoms with E-state index in [1.54, 1.807) is 24.3 Å². The molecule has 0 aromatic heterocycles. The van der Waals surface area contributed by atoms with Gasteiger partial charge in [0.1, 0.15) is 11.6 Å². The summed E-state index contributed by atoms with van der Waals surface area (Å²) in [6.07, 6.45) is 2.07. The molecule has 0 radical (unpaired) electrons. The van der Waals surface area contributed by atoms with Crippen molar-refractivity contribution in [1.29, 1.82) is 0 Å². The Morgan fingerprint density at radius 3 is 2.56 bits per heavy atom. The van der Waals surface area contributed by atoms with E-state index in [2.05, 4.69) is 12.2 Å². The SMILES string of the molecule is CCCCOCc1cc(C(=O)NC(C)c2ccc(F)cc2)ccc1OCC. The Bertz CT molecular complexity index is 731. The van der Waals surface area contributed by atoms with E-state index in [1.807, 2.05) is 19.9 Å². The summed E-state index contributed by atoms with van der Waals surface area (Å²) in [4.78, 5) is 12.6. The molecule has 0 saturated heterocycles. The number of carbonyl (C=O) groups excluding carboxylic acids is 1.